The SMILES string of the molecule is Cc1ccc([C@@H](CNC(=O)c2cc(-c3ccc(F)cc3)no2)N2CCOCC2)cc1. The number of halogens is 1. The van der Waals surface area contributed by atoms with E-state index >= 15 is 0 Å². The summed E-state index contributed by atoms with van der Waals surface area (Å²) >= 11 is 0. The number of nitrogens with one attached hydrogen (secondary N) is 1. The Labute approximate surface area is 174 Å². The summed E-state index contributed by atoms with van der Waals surface area (Å²) in [5.74, 6) is -0.536. The van der Waals surface area contributed by atoms with E-state index in [0.29, 0.717) is 31.0 Å². The number of aromatic nitrogens is 1. The van der Waals surface area contributed by atoms with Crippen molar-refractivity contribution in [1.82, 2.24) is 15.4 Å². The van der Waals surface area contributed by atoms with Crippen LogP contribution in [0.15, 0.2) is 59.1 Å². The summed E-state index contributed by atoms with van der Waals surface area (Å²) < 4.78 is 23.8. The maximum absolute atomic E-state index is 13.1. The highest BCUT2D eigenvalue weighted by atomic mass is 19.1. The molecule has 2 aromatic carbocycles. The third-order valence-electron chi connectivity index (χ3n) is 5.28. The first-order valence-electron chi connectivity index (χ1n) is 9.99. The number of nitrogens with zero attached hydrogens (tertiary/aromatic N) is 2. The van der Waals surface area contributed by atoms with Gasteiger partial charge in [-0.1, -0.05) is 35.0 Å². The zero-order chi connectivity index (χ0) is 20.9. The van der Waals surface area contributed by atoms with E-state index in [4.69, 9.17) is 9.26 Å². The van der Waals surface area contributed by atoms with Gasteiger partial charge < -0.3 is 14.6 Å². The minimum Gasteiger partial charge on any atom is -0.379 e. The van der Waals surface area contributed by atoms with Crippen LogP contribution in [0.1, 0.15) is 27.7 Å². The third kappa shape index (κ3) is 4.75. The van der Waals surface area contributed by atoms with E-state index in [-0.39, 0.29) is 23.5 Å². The molecule has 0 spiro atoms. The number of carbonyl (C=O) groups excluding carboxylic acids is 1. The average Bonchev–Trinajstić information content (AvgIpc) is 3.27. The molecule has 0 aliphatic carbocycles. The van der Waals surface area contributed by atoms with Crippen LogP contribution in [0, 0.1) is 12.7 Å². The first-order valence-corrected chi connectivity index (χ1v) is 9.99. The number of hydrogen-bond donors (Lipinski definition) is 1. The molecule has 1 N–H and O–H groups in total. The first kappa shape index (κ1) is 20.3. The Morgan fingerprint density at radius 1 is 1.13 bits per heavy atom. The van der Waals surface area contributed by atoms with Crippen molar-refractivity contribution >= 4 is 5.91 Å². The second kappa shape index (κ2) is 9.19. The van der Waals surface area contributed by atoms with Crippen molar-refractivity contribution in [3.63, 3.8) is 0 Å². The molecule has 30 heavy (non-hydrogen) atoms. The van der Waals surface area contributed by atoms with Crippen LogP contribution in [-0.4, -0.2) is 48.8 Å². The normalized spacial score (nSPS) is 15.7. The van der Waals surface area contributed by atoms with Gasteiger partial charge in [-0.05, 0) is 36.8 Å². The molecule has 0 unspecified atom stereocenters. The van der Waals surface area contributed by atoms with Gasteiger partial charge in [-0.15, -0.1) is 0 Å². The number of amides is 1. The summed E-state index contributed by atoms with van der Waals surface area (Å²) in [6.45, 7) is 5.47. The molecule has 2 heterocycles. The molecule has 0 bridgehead atoms. The minimum absolute atomic E-state index is 0.0398. The molecule has 0 saturated carbocycles. The van der Waals surface area contributed by atoms with Crippen LogP contribution < -0.4 is 5.32 Å². The number of hydrogen-bond acceptors (Lipinski definition) is 5. The van der Waals surface area contributed by atoms with Crippen molar-refractivity contribution in [2.24, 2.45) is 0 Å². The molecule has 1 fully saturated rings. The van der Waals surface area contributed by atoms with Gasteiger partial charge >= 0.3 is 0 Å². The summed E-state index contributed by atoms with van der Waals surface area (Å²) in [7, 11) is 0. The lowest BCUT2D eigenvalue weighted by Gasteiger charge is -2.34. The molecule has 1 aliphatic rings. The minimum atomic E-state index is -0.332. The smallest absolute Gasteiger partial charge is 0.289 e. The monoisotopic (exact) mass is 409 g/mol. The number of morpholine rings is 1. The molecular weight excluding hydrogens is 385 g/mol. The van der Waals surface area contributed by atoms with Crippen LogP contribution in [0.2, 0.25) is 0 Å². The number of rotatable bonds is 6. The Bertz CT molecular complexity index is 980. The van der Waals surface area contributed by atoms with Gasteiger partial charge in [0.1, 0.15) is 11.5 Å². The molecule has 1 aliphatic heterocycles. The average molecular weight is 409 g/mol. The standard InChI is InChI=1S/C23H24FN3O3/c1-16-2-4-18(5-3-16)21(27-10-12-29-13-11-27)15-25-23(28)22-14-20(26-30-22)17-6-8-19(24)9-7-17/h2-9,14,21H,10-13,15H2,1H3,(H,25,28)/t21-/m1/s1. The third-order valence-corrected chi connectivity index (χ3v) is 5.28. The van der Waals surface area contributed by atoms with Gasteiger partial charge in [0.2, 0.25) is 5.76 Å². The van der Waals surface area contributed by atoms with Crippen LogP contribution >= 0.6 is 0 Å². The maximum atomic E-state index is 13.1. The molecule has 1 aromatic heterocycles. The van der Waals surface area contributed by atoms with Crippen LogP contribution in [0.5, 0.6) is 0 Å². The van der Waals surface area contributed by atoms with Gasteiger partial charge in [0.25, 0.3) is 5.91 Å². The van der Waals surface area contributed by atoms with Crippen LogP contribution in [0.25, 0.3) is 11.3 Å². The van der Waals surface area contributed by atoms with Gasteiger partial charge in [-0.3, -0.25) is 9.69 Å². The van der Waals surface area contributed by atoms with Crippen molar-refractivity contribution in [1.29, 1.82) is 0 Å². The van der Waals surface area contributed by atoms with Crippen molar-refractivity contribution in [3.8, 4) is 11.3 Å². The molecule has 7 heteroatoms. The van der Waals surface area contributed by atoms with Crippen LogP contribution in [0.3, 0.4) is 0 Å². The van der Waals surface area contributed by atoms with Crippen LogP contribution in [-0.2, 0) is 4.74 Å². The molecule has 4 rings (SSSR count). The lowest BCUT2D eigenvalue weighted by Crippen LogP contribution is -2.43. The van der Waals surface area contributed by atoms with Gasteiger partial charge in [0.15, 0.2) is 0 Å². The molecule has 3 aromatic rings. The van der Waals surface area contributed by atoms with Gasteiger partial charge in [-0.2, -0.15) is 0 Å². The highest BCUT2D eigenvalue weighted by Gasteiger charge is 2.24. The van der Waals surface area contributed by atoms with E-state index < -0.39 is 0 Å². The summed E-state index contributed by atoms with van der Waals surface area (Å²) in [5, 5.41) is 6.90. The molecule has 1 amide bonds. The quantitative estimate of drug-likeness (QED) is 0.674. The number of aryl methyl sites for hydroxylation is 1. The van der Waals surface area contributed by atoms with Crippen LogP contribution in [0.4, 0.5) is 4.39 Å². The van der Waals surface area contributed by atoms with Gasteiger partial charge in [0.05, 0.1) is 19.3 Å². The molecule has 0 radical (unpaired) electrons. The first-order chi connectivity index (χ1) is 14.6. The molecule has 1 saturated heterocycles. The van der Waals surface area contributed by atoms with Crippen molar-refractivity contribution in [2.45, 2.75) is 13.0 Å². The fourth-order valence-electron chi connectivity index (χ4n) is 3.55. The molecule has 6 nitrogen and oxygen atoms in total. The summed E-state index contributed by atoms with van der Waals surface area (Å²) in [5.41, 5.74) is 3.51. The largest absolute Gasteiger partial charge is 0.379 e. The van der Waals surface area contributed by atoms with Gasteiger partial charge in [0, 0.05) is 31.3 Å². The van der Waals surface area contributed by atoms with E-state index in [1.807, 2.05) is 0 Å². The fourth-order valence-corrected chi connectivity index (χ4v) is 3.55. The summed E-state index contributed by atoms with van der Waals surface area (Å²) in [6.07, 6.45) is 0. The van der Waals surface area contributed by atoms with Gasteiger partial charge in [-0.25, -0.2) is 4.39 Å². The van der Waals surface area contributed by atoms with E-state index in [1.54, 1.807) is 18.2 Å². The Balaban J connectivity index is 1.45. The fraction of sp³-hybridized carbons (Fsp3) is 0.304. The Morgan fingerprint density at radius 2 is 1.83 bits per heavy atom. The van der Waals surface area contributed by atoms with E-state index in [1.165, 1.54) is 17.7 Å². The maximum Gasteiger partial charge on any atom is 0.289 e. The summed E-state index contributed by atoms with van der Waals surface area (Å²) in [6, 6.07) is 15.9. The van der Waals surface area contributed by atoms with E-state index in [2.05, 4.69) is 46.6 Å². The lowest BCUT2D eigenvalue weighted by molar-refractivity contribution is 0.0161. The highest BCUT2D eigenvalue weighted by molar-refractivity contribution is 5.92. The van der Waals surface area contributed by atoms with E-state index in [9.17, 15) is 9.18 Å². The number of benzene rings is 2. The molecular formula is C23H24FN3O3. The predicted octanol–water partition coefficient (Wildman–Crippen LogP) is 3.59. The zero-order valence-corrected chi connectivity index (χ0v) is 16.8. The number of ether oxygens (including phenoxy) is 1. The van der Waals surface area contributed by atoms with Crippen molar-refractivity contribution in [2.75, 3.05) is 32.8 Å². The number of carbonyl (C=O) groups is 1. The zero-order valence-electron chi connectivity index (χ0n) is 16.8. The molecule has 156 valence electrons. The van der Waals surface area contributed by atoms with Crippen molar-refractivity contribution < 1.29 is 18.4 Å². The Hall–Kier alpha value is -3.03. The lowest BCUT2D eigenvalue weighted by atomic mass is 10.0. The Morgan fingerprint density at radius 3 is 2.53 bits per heavy atom. The highest BCUT2D eigenvalue weighted by Crippen LogP contribution is 2.23. The second-order valence-electron chi connectivity index (χ2n) is 7.37. The summed E-state index contributed by atoms with van der Waals surface area (Å²) in [4.78, 5) is 15.0. The topological polar surface area (TPSA) is 67.6 Å². The Kier molecular flexibility index (Phi) is 6.21. The second-order valence-corrected chi connectivity index (χ2v) is 7.37. The predicted molar refractivity (Wildman–Crippen MR) is 111 cm³/mol. The van der Waals surface area contributed by atoms with E-state index in [0.717, 1.165) is 18.7 Å². The molecule has 1 atom stereocenters. The van der Waals surface area contributed by atoms with Crippen molar-refractivity contribution in [3.05, 3.63) is 77.3 Å².